The van der Waals surface area contributed by atoms with Crippen molar-refractivity contribution in [2.75, 3.05) is 6.54 Å². The Morgan fingerprint density at radius 2 is 2.00 bits per heavy atom. The highest BCUT2D eigenvalue weighted by Gasteiger charge is 2.25. The van der Waals surface area contributed by atoms with E-state index >= 15 is 0 Å². The van der Waals surface area contributed by atoms with Crippen LogP contribution in [0.25, 0.3) is 0 Å². The Morgan fingerprint density at radius 3 is 2.00 bits per heavy atom. The van der Waals surface area contributed by atoms with E-state index in [1.807, 2.05) is 0 Å². The van der Waals surface area contributed by atoms with Gasteiger partial charge in [0.05, 0.1) is 0 Å². The molecule has 5 heteroatoms. The number of nitrogens with two attached hydrogens (primary N) is 3. The van der Waals surface area contributed by atoms with Gasteiger partial charge in [-0.15, -0.1) is 0 Å². The van der Waals surface area contributed by atoms with E-state index in [0.717, 1.165) is 0 Å². The molecule has 0 aromatic carbocycles. The molecule has 0 unspecified atom stereocenters. The van der Waals surface area contributed by atoms with Crippen molar-refractivity contribution >= 4 is 5.97 Å². The van der Waals surface area contributed by atoms with E-state index in [9.17, 15) is 4.79 Å². The molecule has 8 heavy (non-hydrogen) atoms. The minimum absolute atomic E-state index is 0.262. The molecule has 0 radical (unpaired) electrons. The smallest absolute Gasteiger partial charge is 0.339 e. The predicted molar refractivity (Wildman–Crippen MR) is 27.8 cm³/mol. The first-order valence-electron chi connectivity index (χ1n) is 2.02. The van der Waals surface area contributed by atoms with E-state index in [1.54, 1.807) is 0 Å². The molecule has 0 amide bonds. The zero-order valence-electron chi connectivity index (χ0n) is 4.29. The van der Waals surface area contributed by atoms with Gasteiger partial charge in [-0.05, 0) is 0 Å². The molecular formula is C3H9N3O2. The van der Waals surface area contributed by atoms with Crippen molar-refractivity contribution in [2.24, 2.45) is 17.2 Å². The molecule has 0 spiro atoms. The molecule has 0 aromatic heterocycles. The van der Waals surface area contributed by atoms with Crippen LogP contribution in [0, 0.1) is 0 Å². The number of hydrogen-bond acceptors (Lipinski definition) is 4. The molecule has 0 fully saturated rings. The van der Waals surface area contributed by atoms with Gasteiger partial charge in [-0.1, -0.05) is 0 Å². The second-order valence-electron chi connectivity index (χ2n) is 1.55. The van der Waals surface area contributed by atoms with Gasteiger partial charge in [-0.2, -0.15) is 0 Å². The summed E-state index contributed by atoms with van der Waals surface area (Å²) in [5, 5.41) is 8.11. The molecule has 0 aliphatic rings. The van der Waals surface area contributed by atoms with Crippen LogP contribution < -0.4 is 17.2 Å². The Morgan fingerprint density at radius 1 is 1.62 bits per heavy atom. The average molecular weight is 119 g/mol. The summed E-state index contributed by atoms with van der Waals surface area (Å²) in [6.45, 7) is -0.262. The average Bonchev–Trinajstić information content (AvgIpc) is 1.67. The summed E-state index contributed by atoms with van der Waals surface area (Å²) in [5.41, 5.74) is 12.9. The predicted octanol–water partition coefficient (Wildman–Crippen LogP) is -2.36. The van der Waals surface area contributed by atoms with E-state index in [1.165, 1.54) is 0 Å². The summed E-state index contributed by atoms with van der Waals surface area (Å²) in [7, 11) is 0. The third kappa shape index (κ3) is 1.45. The standard InChI is InChI=1S/C3H9N3O2/c4-1-3(5,6)2(7)8/h1,4-6H2,(H,7,8). The monoisotopic (exact) mass is 119 g/mol. The summed E-state index contributed by atoms with van der Waals surface area (Å²) in [6.07, 6.45) is 0. The van der Waals surface area contributed by atoms with E-state index in [4.69, 9.17) is 22.3 Å². The lowest BCUT2D eigenvalue weighted by atomic mass is 10.2. The van der Waals surface area contributed by atoms with E-state index < -0.39 is 11.6 Å². The van der Waals surface area contributed by atoms with Crippen LogP contribution >= 0.6 is 0 Å². The number of carbonyl (C=O) groups is 1. The van der Waals surface area contributed by atoms with E-state index in [0.29, 0.717) is 0 Å². The fraction of sp³-hybridized carbons (Fsp3) is 0.667. The van der Waals surface area contributed by atoms with Crippen molar-refractivity contribution < 1.29 is 9.90 Å². The van der Waals surface area contributed by atoms with Crippen LogP contribution in [0.5, 0.6) is 0 Å². The molecule has 0 atom stereocenters. The normalized spacial score (nSPS) is 11.4. The van der Waals surface area contributed by atoms with Crippen LogP contribution in [0.3, 0.4) is 0 Å². The van der Waals surface area contributed by atoms with Gasteiger partial charge >= 0.3 is 5.97 Å². The number of hydrogen-bond donors (Lipinski definition) is 4. The molecule has 48 valence electrons. The fourth-order valence-corrected chi connectivity index (χ4v) is 0.0873. The van der Waals surface area contributed by atoms with Crippen LogP contribution in [0.2, 0.25) is 0 Å². The summed E-state index contributed by atoms with van der Waals surface area (Å²) < 4.78 is 0. The second kappa shape index (κ2) is 2.08. The molecular weight excluding hydrogens is 110 g/mol. The number of carboxylic acid groups (broad SMARTS) is 1. The lowest BCUT2D eigenvalue weighted by Gasteiger charge is -2.14. The first-order chi connectivity index (χ1) is 3.50. The number of carboxylic acids is 1. The van der Waals surface area contributed by atoms with Crippen molar-refractivity contribution in [3.05, 3.63) is 0 Å². The molecule has 0 heterocycles. The highest BCUT2D eigenvalue weighted by molar-refractivity contribution is 5.77. The topological polar surface area (TPSA) is 115 Å². The maximum absolute atomic E-state index is 9.92. The van der Waals surface area contributed by atoms with Crippen molar-refractivity contribution in [3.63, 3.8) is 0 Å². The summed E-state index contributed by atoms with van der Waals surface area (Å²) in [4.78, 5) is 9.92. The zero-order valence-corrected chi connectivity index (χ0v) is 4.29. The van der Waals surface area contributed by atoms with Gasteiger partial charge in [0.2, 0.25) is 0 Å². The summed E-state index contributed by atoms with van der Waals surface area (Å²) in [6, 6.07) is 0. The largest absolute Gasteiger partial charge is 0.479 e. The van der Waals surface area contributed by atoms with Crippen LogP contribution in [-0.4, -0.2) is 23.3 Å². The fourth-order valence-electron chi connectivity index (χ4n) is 0.0873. The molecule has 0 saturated carbocycles. The van der Waals surface area contributed by atoms with Crippen LogP contribution in [0.4, 0.5) is 0 Å². The zero-order chi connectivity index (χ0) is 6.78. The summed E-state index contributed by atoms with van der Waals surface area (Å²) >= 11 is 0. The first-order valence-corrected chi connectivity index (χ1v) is 2.02. The molecule has 0 rings (SSSR count). The Bertz CT molecular complexity index is 101. The first kappa shape index (κ1) is 7.35. The lowest BCUT2D eigenvalue weighted by molar-refractivity contribution is -0.142. The lowest BCUT2D eigenvalue weighted by Crippen LogP contribution is -2.61. The third-order valence-corrected chi connectivity index (χ3v) is 0.736. The maximum Gasteiger partial charge on any atom is 0.339 e. The third-order valence-electron chi connectivity index (χ3n) is 0.736. The van der Waals surface area contributed by atoms with Crippen molar-refractivity contribution in [3.8, 4) is 0 Å². The van der Waals surface area contributed by atoms with Crippen molar-refractivity contribution in [2.45, 2.75) is 5.66 Å². The van der Waals surface area contributed by atoms with Gasteiger partial charge in [-0.3, -0.25) is 0 Å². The van der Waals surface area contributed by atoms with E-state index in [-0.39, 0.29) is 6.54 Å². The van der Waals surface area contributed by atoms with Gasteiger partial charge < -0.3 is 22.3 Å². The van der Waals surface area contributed by atoms with Gasteiger partial charge in [0.1, 0.15) is 0 Å². The minimum Gasteiger partial charge on any atom is -0.479 e. The van der Waals surface area contributed by atoms with Crippen LogP contribution in [-0.2, 0) is 4.79 Å². The Kier molecular flexibility index (Phi) is 1.91. The Labute approximate surface area is 46.4 Å². The minimum atomic E-state index is -1.76. The van der Waals surface area contributed by atoms with Crippen LogP contribution in [0.15, 0.2) is 0 Å². The van der Waals surface area contributed by atoms with Gasteiger partial charge in [0.15, 0.2) is 5.66 Å². The molecule has 0 aliphatic heterocycles. The van der Waals surface area contributed by atoms with Crippen molar-refractivity contribution in [1.29, 1.82) is 0 Å². The molecule has 0 aromatic rings. The van der Waals surface area contributed by atoms with E-state index in [2.05, 4.69) is 0 Å². The highest BCUT2D eigenvalue weighted by atomic mass is 16.4. The van der Waals surface area contributed by atoms with Gasteiger partial charge in [-0.25, -0.2) is 4.79 Å². The quantitative estimate of drug-likeness (QED) is 0.303. The molecule has 0 bridgehead atoms. The van der Waals surface area contributed by atoms with Gasteiger partial charge in [0, 0.05) is 6.54 Å². The number of rotatable bonds is 2. The Balaban J connectivity index is 3.91. The van der Waals surface area contributed by atoms with Crippen LogP contribution in [0.1, 0.15) is 0 Å². The molecule has 0 aliphatic carbocycles. The Hall–Kier alpha value is -0.650. The summed E-state index contributed by atoms with van der Waals surface area (Å²) in [5.74, 6) is -1.29. The highest BCUT2D eigenvalue weighted by Crippen LogP contribution is 1.83. The second-order valence-corrected chi connectivity index (χ2v) is 1.55. The molecule has 5 nitrogen and oxygen atoms in total. The maximum atomic E-state index is 9.92. The van der Waals surface area contributed by atoms with Gasteiger partial charge in [0.25, 0.3) is 0 Å². The molecule has 0 saturated heterocycles. The van der Waals surface area contributed by atoms with Crippen molar-refractivity contribution in [1.82, 2.24) is 0 Å². The number of aliphatic carboxylic acids is 1. The molecule has 7 N–H and O–H groups in total. The SMILES string of the molecule is NCC(N)(N)C(=O)O.